The third-order valence-corrected chi connectivity index (χ3v) is 6.44. The SMILES string of the molecule is C[C@@H]1C[C@H](N)CN(c2ccncc2CC(=O)c2ccc3ccc(N4CCC4)cc3n2)C1. The highest BCUT2D eigenvalue weighted by molar-refractivity contribution is 5.98. The third-order valence-electron chi connectivity index (χ3n) is 6.44. The molecule has 160 valence electrons. The molecule has 6 heteroatoms. The first-order valence-electron chi connectivity index (χ1n) is 11.2. The van der Waals surface area contributed by atoms with Crippen LogP contribution >= 0.6 is 0 Å². The molecule has 3 aromatic rings. The topological polar surface area (TPSA) is 75.3 Å². The van der Waals surface area contributed by atoms with E-state index in [0.717, 1.165) is 54.8 Å². The van der Waals surface area contributed by atoms with Crippen molar-refractivity contribution in [2.75, 3.05) is 36.0 Å². The van der Waals surface area contributed by atoms with Crippen LogP contribution in [0.15, 0.2) is 48.8 Å². The second kappa shape index (κ2) is 8.27. The molecule has 5 rings (SSSR count). The maximum atomic E-state index is 13.2. The number of carbonyl (C=O) groups excluding carboxylic acids is 1. The summed E-state index contributed by atoms with van der Waals surface area (Å²) in [4.78, 5) is 26.8. The molecule has 0 amide bonds. The Kier molecular flexibility index (Phi) is 5.32. The van der Waals surface area contributed by atoms with E-state index in [9.17, 15) is 4.79 Å². The summed E-state index contributed by atoms with van der Waals surface area (Å²) in [5, 5.41) is 1.05. The maximum Gasteiger partial charge on any atom is 0.185 e. The van der Waals surface area contributed by atoms with Gasteiger partial charge in [0.15, 0.2) is 5.78 Å². The molecule has 2 saturated heterocycles. The quantitative estimate of drug-likeness (QED) is 0.644. The summed E-state index contributed by atoms with van der Waals surface area (Å²) >= 11 is 0. The predicted molar refractivity (Wildman–Crippen MR) is 125 cm³/mol. The number of hydrogen-bond acceptors (Lipinski definition) is 6. The fourth-order valence-electron chi connectivity index (χ4n) is 4.76. The van der Waals surface area contributed by atoms with E-state index < -0.39 is 0 Å². The Morgan fingerprint density at radius 3 is 2.74 bits per heavy atom. The molecule has 2 aliphatic heterocycles. The fourth-order valence-corrected chi connectivity index (χ4v) is 4.76. The van der Waals surface area contributed by atoms with Crippen molar-refractivity contribution in [1.29, 1.82) is 0 Å². The molecule has 0 aliphatic carbocycles. The molecule has 4 heterocycles. The average Bonchev–Trinajstić information content (AvgIpc) is 2.71. The number of Topliss-reactive ketones (excluding diaryl/α,β-unsaturated/α-hetero) is 1. The zero-order chi connectivity index (χ0) is 21.4. The smallest absolute Gasteiger partial charge is 0.185 e. The van der Waals surface area contributed by atoms with E-state index in [1.165, 1.54) is 12.1 Å². The number of ketones is 1. The lowest BCUT2D eigenvalue weighted by atomic mass is 9.95. The van der Waals surface area contributed by atoms with Crippen LogP contribution in [0, 0.1) is 5.92 Å². The first-order valence-corrected chi connectivity index (χ1v) is 11.2. The Morgan fingerprint density at radius 2 is 1.97 bits per heavy atom. The molecule has 2 aromatic heterocycles. The van der Waals surface area contributed by atoms with Gasteiger partial charge in [0.2, 0.25) is 0 Å². The lowest BCUT2D eigenvalue weighted by Gasteiger charge is -2.37. The molecular formula is C25H29N5O. The second-order valence-electron chi connectivity index (χ2n) is 9.02. The molecule has 0 unspecified atom stereocenters. The zero-order valence-corrected chi connectivity index (χ0v) is 18.0. The molecule has 0 saturated carbocycles. The molecule has 2 aliphatic rings. The van der Waals surface area contributed by atoms with Gasteiger partial charge in [-0.15, -0.1) is 0 Å². The van der Waals surface area contributed by atoms with E-state index in [1.807, 2.05) is 18.2 Å². The van der Waals surface area contributed by atoms with E-state index in [1.54, 1.807) is 12.4 Å². The number of rotatable bonds is 5. The van der Waals surface area contributed by atoms with Gasteiger partial charge in [0.1, 0.15) is 5.69 Å². The molecule has 0 radical (unpaired) electrons. The van der Waals surface area contributed by atoms with Crippen molar-refractivity contribution in [1.82, 2.24) is 9.97 Å². The summed E-state index contributed by atoms with van der Waals surface area (Å²) in [5.41, 5.74) is 10.8. The van der Waals surface area contributed by atoms with Crippen LogP contribution in [0.1, 0.15) is 35.8 Å². The second-order valence-corrected chi connectivity index (χ2v) is 9.02. The maximum absolute atomic E-state index is 13.2. The van der Waals surface area contributed by atoms with Crippen molar-refractivity contribution >= 4 is 28.1 Å². The van der Waals surface area contributed by atoms with Crippen LogP contribution in [-0.4, -0.2) is 48.0 Å². The molecule has 1 aromatic carbocycles. The lowest BCUT2D eigenvalue weighted by Crippen LogP contribution is -2.46. The van der Waals surface area contributed by atoms with E-state index in [2.05, 4.69) is 39.9 Å². The number of hydrogen-bond donors (Lipinski definition) is 1. The molecule has 31 heavy (non-hydrogen) atoms. The Bertz CT molecular complexity index is 1100. The minimum Gasteiger partial charge on any atom is -0.371 e. The number of aromatic nitrogens is 2. The first-order chi connectivity index (χ1) is 15.1. The Hall–Kier alpha value is -2.99. The highest BCUT2D eigenvalue weighted by Crippen LogP contribution is 2.27. The highest BCUT2D eigenvalue weighted by atomic mass is 16.1. The average molecular weight is 416 g/mol. The van der Waals surface area contributed by atoms with E-state index >= 15 is 0 Å². The van der Waals surface area contributed by atoms with Crippen molar-refractivity contribution in [3.05, 3.63) is 60.0 Å². The third kappa shape index (κ3) is 4.12. The van der Waals surface area contributed by atoms with Gasteiger partial charge in [-0.25, -0.2) is 4.98 Å². The van der Waals surface area contributed by atoms with Crippen molar-refractivity contribution in [2.24, 2.45) is 11.7 Å². The van der Waals surface area contributed by atoms with Gasteiger partial charge < -0.3 is 15.5 Å². The van der Waals surface area contributed by atoms with Crippen molar-refractivity contribution < 1.29 is 4.79 Å². The first kappa shape index (κ1) is 19.9. The summed E-state index contributed by atoms with van der Waals surface area (Å²) in [6.45, 7) is 6.17. The van der Waals surface area contributed by atoms with Crippen LogP contribution in [0.4, 0.5) is 11.4 Å². The van der Waals surface area contributed by atoms with Crippen LogP contribution in [0.3, 0.4) is 0 Å². The molecule has 2 fully saturated rings. The van der Waals surface area contributed by atoms with E-state index in [-0.39, 0.29) is 18.2 Å². The Balaban J connectivity index is 1.39. The van der Waals surface area contributed by atoms with Crippen LogP contribution in [-0.2, 0) is 6.42 Å². The van der Waals surface area contributed by atoms with E-state index in [0.29, 0.717) is 11.6 Å². The van der Waals surface area contributed by atoms with Crippen LogP contribution in [0.25, 0.3) is 10.9 Å². The number of anilines is 2. The number of nitrogens with two attached hydrogens (primary N) is 1. The molecule has 0 bridgehead atoms. The van der Waals surface area contributed by atoms with Gasteiger partial charge in [-0.3, -0.25) is 9.78 Å². The standard InChI is InChI=1S/C25H29N5O/c1-17-11-20(26)16-30(15-17)24-7-8-27-14-19(24)12-25(31)22-6-4-18-3-5-21(13-23(18)28-22)29-9-2-10-29/h3-8,13-14,17,20H,2,9-12,15-16,26H2,1H3/t17-,20+/m1/s1. The predicted octanol–water partition coefficient (Wildman–Crippen LogP) is 3.44. The number of pyridine rings is 2. The number of nitrogens with zero attached hydrogens (tertiary/aromatic N) is 4. The lowest BCUT2D eigenvalue weighted by molar-refractivity contribution is 0.0988. The summed E-state index contributed by atoms with van der Waals surface area (Å²) in [6, 6.07) is 12.3. The Morgan fingerprint density at radius 1 is 1.13 bits per heavy atom. The molecular weight excluding hydrogens is 386 g/mol. The monoisotopic (exact) mass is 415 g/mol. The van der Waals surface area contributed by atoms with Crippen molar-refractivity contribution in [2.45, 2.75) is 32.2 Å². The van der Waals surface area contributed by atoms with Gasteiger partial charge >= 0.3 is 0 Å². The summed E-state index contributed by atoms with van der Waals surface area (Å²) in [7, 11) is 0. The summed E-state index contributed by atoms with van der Waals surface area (Å²) in [6.07, 6.45) is 6.16. The zero-order valence-electron chi connectivity index (χ0n) is 18.0. The van der Waals surface area contributed by atoms with Crippen molar-refractivity contribution in [3.8, 4) is 0 Å². The minimum atomic E-state index is 0.0138. The number of fused-ring (bicyclic) bond motifs is 1. The minimum absolute atomic E-state index is 0.0138. The molecule has 2 N–H and O–H groups in total. The van der Waals surface area contributed by atoms with E-state index in [4.69, 9.17) is 10.7 Å². The largest absolute Gasteiger partial charge is 0.371 e. The number of piperidine rings is 1. The highest BCUT2D eigenvalue weighted by Gasteiger charge is 2.25. The molecule has 2 atom stereocenters. The summed E-state index contributed by atoms with van der Waals surface area (Å²) < 4.78 is 0. The Labute approximate surface area is 183 Å². The van der Waals surface area contributed by atoms with Crippen molar-refractivity contribution in [3.63, 3.8) is 0 Å². The number of benzene rings is 1. The van der Waals surface area contributed by atoms with Crippen LogP contribution < -0.4 is 15.5 Å². The normalized spacial score (nSPS) is 21.2. The van der Waals surface area contributed by atoms with Gasteiger partial charge in [-0.1, -0.05) is 19.1 Å². The van der Waals surface area contributed by atoms with Crippen LogP contribution in [0.5, 0.6) is 0 Å². The molecule has 0 spiro atoms. The van der Waals surface area contributed by atoms with Gasteiger partial charge in [0, 0.05) is 73.4 Å². The summed E-state index contributed by atoms with van der Waals surface area (Å²) in [5.74, 6) is 0.545. The number of carbonyl (C=O) groups is 1. The van der Waals surface area contributed by atoms with Gasteiger partial charge in [0.25, 0.3) is 0 Å². The van der Waals surface area contributed by atoms with Gasteiger partial charge in [0.05, 0.1) is 5.52 Å². The molecule has 6 nitrogen and oxygen atoms in total. The fraction of sp³-hybridized carbons (Fsp3) is 0.400. The van der Waals surface area contributed by atoms with Gasteiger partial charge in [-0.05, 0) is 43.0 Å². The van der Waals surface area contributed by atoms with Crippen LogP contribution in [0.2, 0.25) is 0 Å². The van der Waals surface area contributed by atoms with Gasteiger partial charge in [-0.2, -0.15) is 0 Å².